The Balaban J connectivity index is 2.43. The second kappa shape index (κ2) is 5.34. The van der Waals surface area contributed by atoms with Gasteiger partial charge in [-0.3, -0.25) is 0 Å². The van der Waals surface area contributed by atoms with Crippen LogP contribution < -0.4 is 9.94 Å². The first-order valence-corrected chi connectivity index (χ1v) is 6.68. The first-order valence-electron chi connectivity index (χ1n) is 5.65. The molecule has 2 aromatic heterocycles. The molecule has 0 N–H and O–H groups in total. The Morgan fingerprint density at radius 2 is 2.20 bits per heavy atom. The molecule has 2 aromatic rings. The summed E-state index contributed by atoms with van der Waals surface area (Å²) in [4.78, 5) is 14.7. The highest BCUT2D eigenvalue weighted by atomic mass is 32.2. The fraction of sp³-hybridized carbons (Fsp3) is 0.364. The van der Waals surface area contributed by atoms with Crippen molar-refractivity contribution in [2.45, 2.75) is 27.2 Å². The predicted molar refractivity (Wildman–Crippen MR) is 68.8 cm³/mol. The van der Waals surface area contributed by atoms with Crippen LogP contribution in [0.4, 0.5) is 5.88 Å². The van der Waals surface area contributed by atoms with E-state index in [0.29, 0.717) is 17.9 Å². The number of aromatic nitrogens is 2. The largest absolute Gasteiger partial charge is 0.433 e. The Morgan fingerprint density at radius 3 is 2.70 bits per heavy atom. The third kappa shape index (κ3) is 2.25. The van der Waals surface area contributed by atoms with Crippen LogP contribution in [0.15, 0.2) is 13.7 Å². The maximum atomic E-state index is 12.2. The molecule has 0 aliphatic heterocycles. The summed E-state index contributed by atoms with van der Waals surface area (Å²) >= 11 is -2.17. The minimum Gasteiger partial charge on any atom is -0.433 e. The number of nitrogens with zero attached hydrogens (tertiary/aromatic N) is 3. The number of hydrogen-bond donors (Lipinski definition) is 0. The molecule has 0 bridgehead atoms. The zero-order chi connectivity index (χ0) is 14.9. The highest BCUT2D eigenvalue weighted by molar-refractivity contribution is 7.79. The molecule has 1 atom stereocenters. The van der Waals surface area contributed by atoms with Gasteiger partial charge in [0, 0.05) is 6.92 Å². The van der Waals surface area contributed by atoms with Crippen LogP contribution in [0.5, 0.6) is 5.75 Å². The summed E-state index contributed by atoms with van der Waals surface area (Å²) < 4.78 is 27.8. The van der Waals surface area contributed by atoms with E-state index in [2.05, 4.69) is 10.0 Å². The van der Waals surface area contributed by atoms with Crippen molar-refractivity contribution in [2.75, 3.05) is 0 Å². The molecule has 8 nitrogen and oxygen atoms in total. The topological polar surface area (TPSA) is 91.8 Å². The fourth-order valence-corrected chi connectivity index (χ4v) is 2.62. The van der Waals surface area contributed by atoms with Crippen molar-refractivity contribution in [3.8, 4) is 5.75 Å². The third-order valence-corrected chi connectivity index (χ3v) is 3.53. The molecule has 2 rings (SSSR count). The second-order valence-corrected chi connectivity index (χ2v) is 4.80. The van der Waals surface area contributed by atoms with Gasteiger partial charge < -0.3 is 13.1 Å². The van der Waals surface area contributed by atoms with Gasteiger partial charge in [0.25, 0.3) is 0 Å². The van der Waals surface area contributed by atoms with Crippen molar-refractivity contribution in [2.24, 2.45) is 0 Å². The summed E-state index contributed by atoms with van der Waals surface area (Å²) in [6.07, 6.45) is 0.306. The van der Waals surface area contributed by atoms with Crippen LogP contribution in [0.2, 0.25) is 0 Å². The lowest BCUT2D eigenvalue weighted by Crippen LogP contribution is -2.24. The molecule has 0 amide bonds. The van der Waals surface area contributed by atoms with E-state index in [1.54, 1.807) is 20.8 Å². The van der Waals surface area contributed by atoms with Gasteiger partial charge in [0.05, 0.1) is 12.3 Å². The minimum absolute atomic E-state index is 0.187. The van der Waals surface area contributed by atoms with E-state index in [-0.39, 0.29) is 17.3 Å². The van der Waals surface area contributed by atoms with E-state index in [9.17, 15) is 9.00 Å². The summed E-state index contributed by atoms with van der Waals surface area (Å²) in [5, 5.41) is 3.66. The van der Waals surface area contributed by atoms with Crippen molar-refractivity contribution >= 4 is 17.2 Å². The molecule has 0 saturated heterocycles. The molecular weight excluding hydrogens is 286 g/mol. The van der Waals surface area contributed by atoms with Gasteiger partial charge in [-0.2, -0.15) is 13.0 Å². The molecule has 0 aromatic carbocycles. The second-order valence-electron chi connectivity index (χ2n) is 3.83. The van der Waals surface area contributed by atoms with Crippen LogP contribution in [-0.4, -0.2) is 13.3 Å². The third-order valence-electron chi connectivity index (χ3n) is 2.55. The van der Waals surface area contributed by atoms with Gasteiger partial charge in [0.15, 0.2) is 5.76 Å². The standard InChI is InChI=1S/C11H11N3O5S/c1-5-8-10(12-4)17-11(15)14(8)20(16)19-9-6(2)13-18-7(9)3/h5H2,1-3H3. The minimum atomic E-state index is -2.17. The zero-order valence-electron chi connectivity index (χ0n) is 11.0. The number of rotatable bonds is 4. The molecule has 0 spiro atoms. The maximum Gasteiger partial charge on any atom is 0.420 e. The van der Waals surface area contributed by atoms with Crippen molar-refractivity contribution < 1.29 is 17.3 Å². The van der Waals surface area contributed by atoms with E-state index >= 15 is 0 Å². The van der Waals surface area contributed by atoms with Crippen LogP contribution in [0.25, 0.3) is 4.85 Å². The average molecular weight is 297 g/mol. The first kappa shape index (κ1) is 14.1. The van der Waals surface area contributed by atoms with Gasteiger partial charge in [-0.15, -0.1) is 0 Å². The molecule has 106 valence electrons. The van der Waals surface area contributed by atoms with Crippen molar-refractivity contribution in [1.29, 1.82) is 0 Å². The molecule has 2 heterocycles. The number of hydrogen-bond acceptors (Lipinski definition) is 6. The lowest BCUT2D eigenvalue weighted by atomic mass is 10.3. The van der Waals surface area contributed by atoms with E-state index in [0.717, 1.165) is 3.97 Å². The normalized spacial score (nSPS) is 12.1. The van der Waals surface area contributed by atoms with Crippen LogP contribution in [0.3, 0.4) is 0 Å². The Kier molecular flexibility index (Phi) is 3.76. The summed E-state index contributed by atoms with van der Waals surface area (Å²) in [7, 11) is 0. The molecule has 0 fully saturated rings. The first-order chi connectivity index (χ1) is 9.49. The lowest BCUT2D eigenvalue weighted by molar-refractivity contribution is 0.389. The molecule has 1 unspecified atom stereocenters. The fourth-order valence-electron chi connectivity index (χ4n) is 1.62. The lowest BCUT2D eigenvalue weighted by Gasteiger charge is -2.05. The highest BCUT2D eigenvalue weighted by Gasteiger charge is 2.23. The van der Waals surface area contributed by atoms with Crippen LogP contribution in [0.1, 0.15) is 24.1 Å². The summed E-state index contributed by atoms with van der Waals surface area (Å²) in [5.41, 5.74) is 0.630. The Labute approximate surface area is 116 Å². The maximum absolute atomic E-state index is 12.2. The van der Waals surface area contributed by atoms with E-state index in [1.807, 2.05) is 0 Å². The van der Waals surface area contributed by atoms with Crippen molar-refractivity contribution in [3.05, 3.63) is 39.1 Å². The van der Waals surface area contributed by atoms with Gasteiger partial charge in [-0.1, -0.05) is 12.1 Å². The smallest absolute Gasteiger partial charge is 0.420 e. The average Bonchev–Trinajstić information content (AvgIpc) is 2.91. The van der Waals surface area contributed by atoms with Crippen LogP contribution >= 0.6 is 0 Å². The number of aryl methyl sites for hydroxylation is 2. The van der Waals surface area contributed by atoms with Gasteiger partial charge in [-0.05, 0) is 13.3 Å². The highest BCUT2D eigenvalue weighted by Crippen LogP contribution is 2.24. The quantitative estimate of drug-likeness (QED) is 0.797. The summed E-state index contributed by atoms with van der Waals surface area (Å²) in [6, 6.07) is 0. The summed E-state index contributed by atoms with van der Waals surface area (Å²) in [5.74, 6) is -0.551. The SMILES string of the molecule is [C-]#[N+]c1oc(=O)n(S(=O)Oc2c(C)noc2C)c1CC. The Hall–Kier alpha value is -2.34. The Morgan fingerprint density at radius 1 is 1.50 bits per heavy atom. The van der Waals surface area contributed by atoms with Crippen LogP contribution in [-0.2, 0) is 17.7 Å². The van der Waals surface area contributed by atoms with Crippen LogP contribution in [0, 0.1) is 20.4 Å². The summed E-state index contributed by atoms with van der Waals surface area (Å²) in [6.45, 7) is 11.8. The molecule has 0 saturated carbocycles. The molecule has 9 heteroatoms. The molecule has 20 heavy (non-hydrogen) atoms. The molecule has 0 radical (unpaired) electrons. The Bertz CT molecular complexity index is 745. The molecule has 0 aliphatic rings. The predicted octanol–water partition coefficient (Wildman–Crippen LogP) is 1.67. The van der Waals surface area contributed by atoms with Crippen molar-refractivity contribution in [3.63, 3.8) is 0 Å². The van der Waals surface area contributed by atoms with E-state index in [4.69, 9.17) is 19.7 Å². The van der Waals surface area contributed by atoms with Gasteiger partial charge >= 0.3 is 22.9 Å². The van der Waals surface area contributed by atoms with Gasteiger partial charge in [0.2, 0.25) is 5.75 Å². The van der Waals surface area contributed by atoms with E-state index in [1.165, 1.54) is 0 Å². The zero-order valence-corrected chi connectivity index (χ0v) is 11.8. The molecule has 0 aliphatic carbocycles. The molecular formula is C11H11N3O5S. The monoisotopic (exact) mass is 297 g/mol. The number of oxazole rings is 1. The van der Waals surface area contributed by atoms with Gasteiger partial charge in [-0.25, -0.2) is 4.79 Å². The van der Waals surface area contributed by atoms with Crippen molar-refractivity contribution in [1.82, 2.24) is 9.13 Å². The van der Waals surface area contributed by atoms with E-state index < -0.39 is 17.0 Å². The van der Waals surface area contributed by atoms with Gasteiger partial charge in [0.1, 0.15) is 5.69 Å².